The molecule has 122 valence electrons. The molecule has 2 rings (SSSR count). The second-order valence-corrected chi connectivity index (χ2v) is 5.15. The summed E-state index contributed by atoms with van der Waals surface area (Å²) in [6.07, 6.45) is 4.23. The zero-order chi connectivity index (χ0) is 16.5. The van der Waals surface area contributed by atoms with Gasteiger partial charge in [-0.25, -0.2) is 4.68 Å². The molecule has 0 aliphatic carbocycles. The lowest BCUT2D eigenvalue weighted by atomic mass is 10.1. The van der Waals surface area contributed by atoms with Crippen LogP contribution in [0.15, 0.2) is 30.6 Å². The van der Waals surface area contributed by atoms with Crippen molar-refractivity contribution in [2.75, 3.05) is 6.54 Å². The largest absolute Gasteiger partial charge is 0.481 e. The predicted octanol–water partition coefficient (Wildman–Crippen LogP) is 0.966. The molecule has 0 unspecified atom stereocenters. The first-order valence-corrected chi connectivity index (χ1v) is 7.46. The third-order valence-corrected chi connectivity index (χ3v) is 3.30. The Labute approximate surface area is 133 Å². The molecule has 1 amide bonds. The normalized spacial score (nSPS) is 10.4. The number of hydrogen-bond acceptors (Lipinski definition) is 5. The number of aromatic nitrogens is 4. The Kier molecular flexibility index (Phi) is 6.22. The van der Waals surface area contributed by atoms with Gasteiger partial charge < -0.3 is 10.4 Å². The fourth-order valence-electron chi connectivity index (χ4n) is 2.10. The number of nitrogens with one attached hydrogen (secondary N) is 1. The highest BCUT2D eigenvalue weighted by atomic mass is 16.4. The first kappa shape index (κ1) is 16.6. The summed E-state index contributed by atoms with van der Waals surface area (Å²) in [5, 5.41) is 22.3. The van der Waals surface area contributed by atoms with Gasteiger partial charge in [0, 0.05) is 13.0 Å². The minimum atomic E-state index is -0.779. The molecular formula is C15H19N5O3. The molecule has 8 nitrogen and oxygen atoms in total. The Balaban J connectivity index is 1.68. The molecule has 0 atom stereocenters. The first-order chi connectivity index (χ1) is 11.1. The highest BCUT2D eigenvalue weighted by molar-refractivity contribution is 5.78. The van der Waals surface area contributed by atoms with E-state index in [9.17, 15) is 9.59 Å². The van der Waals surface area contributed by atoms with Crippen LogP contribution < -0.4 is 5.32 Å². The number of carbonyl (C=O) groups is 2. The van der Waals surface area contributed by atoms with E-state index in [1.54, 1.807) is 4.68 Å². The number of aliphatic carboxylic acids is 1. The van der Waals surface area contributed by atoms with Gasteiger partial charge in [-0.15, -0.1) is 5.10 Å². The van der Waals surface area contributed by atoms with Crippen molar-refractivity contribution in [1.82, 2.24) is 25.5 Å². The van der Waals surface area contributed by atoms with E-state index in [1.165, 1.54) is 6.33 Å². The summed E-state index contributed by atoms with van der Waals surface area (Å²) in [6, 6.07) is 7.43. The number of unbranched alkanes of at least 4 members (excludes halogenated alkanes) is 2. The van der Waals surface area contributed by atoms with Crippen LogP contribution in [-0.4, -0.2) is 43.7 Å². The molecule has 0 fully saturated rings. The van der Waals surface area contributed by atoms with Crippen molar-refractivity contribution in [2.45, 2.75) is 32.1 Å². The predicted molar refractivity (Wildman–Crippen MR) is 82.0 cm³/mol. The molecule has 2 aromatic rings. The number of benzene rings is 1. The molecule has 0 aliphatic heterocycles. The van der Waals surface area contributed by atoms with Gasteiger partial charge in [0.05, 0.1) is 12.1 Å². The zero-order valence-electron chi connectivity index (χ0n) is 12.7. The second-order valence-electron chi connectivity index (χ2n) is 5.15. The lowest BCUT2D eigenvalue weighted by Gasteiger charge is -2.06. The van der Waals surface area contributed by atoms with Crippen molar-refractivity contribution in [2.24, 2.45) is 0 Å². The average molecular weight is 317 g/mol. The molecule has 23 heavy (non-hydrogen) atoms. The molecular weight excluding hydrogens is 298 g/mol. The molecule has 0 saturated heterocycles. The van der Waals surface area contributed by atoms with Crippen LogP contribution in [0, 0.1) is 0 Å². The standard InChI is InChI=1S/C15H19N5O3/c21-14(16-9-3-1-2-4-15(22)23)10-12-5-7-13(8-6-12)20-11-17-18-19-20/h5-8,11H,1-4,9-10H2,(H,16,21)(H,22,23). The molecule has 0 spiro atoms. The van der Waals surface area contributed by atoms with E-state index in [4.69, 9.17) is 5.11 Å². The third kappa shape index (κ3) is 5.85. The number of tetrazole rings is 1. The fraction of sp³-hybridized carbons (Fsp3) is 0.400. The van der Waals surface area contributed by atoms with Crippen LogP contribution >= 0.6 is 0 Å². The highest BCUT2D eigenvalue weighted by Gasteiger charge is 2.04. The maximum Gasteiger partial charge on any atom is 0.303 e. The first-order valence-electron chi connectivity index (χ1n) is 7.46. The van der Waals surface area contributed by atoms with Crippen LogP contribution in [0.3, 0.4) is 0 Å². The maximum atomic E-state index is 11.8. The van der Waals surface area contributed by atoms with E-state index in [0.717, 1.165) is 24.1 Å². The summed E-state index contributed by atoms with van der Waals surface area (Å²) in [7, 11) is 0. The molecule has 0 saturated carbocycles. The van der Waals surface area contributed by atoms with E-state index in [0.29, 0.717) is 19.4 Å². The van der Waals surface area contributed by atoms with Crippen molar-refractivity contribution < 1.29 is 14.7 Å². The molecule has 1 aromatic carbocycles. The molecule has 1 heterocycles. The Morgan fingerprint density at radius 3 is 2.57 bits per heavy atom. The molecule has 8 heteroatoms. The average Bonchev–Trinajstić information content (AvgIpc) is 3.05. The summed E-state index contributed by atoms with van der Waals surface area (Å²) >= 11 is 0. The molecule has 2 N–H and O–H groups in total. The fourth-order valence-corrected chi connectivity index (χ4v) is 2.10. The van der Waals surface area contributed by atoms with Gasteiger partial charge in [-0.3, -0.25) is 9.59 Å². The maximum absolute atomic E-state index is 11.8. The minimum Gasteiger partial charge on any atom is -0.481 e. The smallest absolute Gasteiger partial charge is 0.303 e. The topological polar surface area (TPSA) is 110 Å². The molecule has 0 radical (unpaired) electrons. The van der Waals surface area contributed by atoms with Gasteiger partial charge in [0.25, 0.3) is 0 Å². The van der Waals surface area contributed by atoms with Crippen molar-refractivity contribution in [3.05, 3.63) is 36.2 Å². The zero-order valence-corrected chi connectivity index (χ0v) is 12.7. The van der Waals surface area contributed by atoms with Crippen molar-refractivity contribution in [1.29, 1.82) is 0 Å². The number of carbonyl (C=O) groups excluding carboxylic acids is 1. The lowest BCUT2D eigenvalue weighted by Crippen LogP contribution is -2.26. The second kappa shape index (κ2) is 8.62. The summed E-state index contributed by atoms with van der Waals surface area (Å²) in [5.74, 6) is -0.822. The number of carboxylic acid groups (broad SMARTS) is 1. The van der Waals surface area contributed by atoms with Crippen LogP contribution in [0.2, 0.25) is 0 Å². The molecule has 0 aliphatic rings. The summed E-state index contributed by atoms with van der Waals surface area (Å²) in [5.41, 5.74) is 1.74. The van der Waals surface area contributed by atoms with Gasteiger partial charge in [0.15, 0.2) is 0 Å². The Hall–Kier alpha value is -2.77. The van der Waals surface area contributed by atoms with Crippen molar-refractivity contribution >= 4 is 11.9 Å². The highest BCUT2D eigenvalue weighted by Crippen LogP contribution is 2.08. The quantitative estimate of drug-likeness (QED) is 0.667. The Morgan fingerprint density at radius 1 is 1.13 bits per heavy atom. The molecule has 0 bridgehead atoms. The summed E-state index contributed by atoms with van der Waals surface area (Å²) in [6.45, 7) is 0.571. The number of carboxylic acids is 1. The Morgan fingerprint density at radius 2 is 1.91 bits per heavy atom. The minimum absolute atomic E-state index is 0.0431. The number of nitrogens with zero attached hydrogens (tertiary/aromatic N) is 4. The van der Waals surface area contributed by atoms with Crippen LogP contribution in [-0.2, 0) is 16.0 Å². The van der Waals surface area contributed by atoms with E-state index >= 15 is 0 Å². The van der Waals surface area contributed by atoms with E-state index in [1.807, 2.05) is 24.3 Å². The third-order valence-electron chi connectivity index (χ3n) is 3.30. The summed E-state index contributed by atoms with van der Waals surface area (Å²) < 4.78 is 1.54. The van der Waals surface area contributed by atoms with Crippen LogP contribution in [0.4, 0.5) is 0 Å². The van der Waals surface area contributed by atoms with E-state index in [-0.39, 0.29) is 12.3 Å². The van der Waals surface area contributed by atoms with Gasteiger partial charge in [0.1, 0.15) is 6.33 Å². The number of amides is 1. The number of rotatable bonds is 9. The van der Waals surface area contributed by atoms with Crippen molar-refractivity contribution in [3.63, 3.8) is 0 Å². The SMILES string of the molecule is O=C(O)CCCCCNC(=O)Cc1ccc(-n2cnnn2)cc1. The van der Waals surface area contributed by atoms with Gasteiger partial charge in [0.2, 0.25) is 5.91 Å². The van der Waals surface area contributed by atoms with Crippen LogP contribution in [0.5, 0.6) is 0 Å². The van der Waals surface area contributed by atoms with E-state index in [2.05, 4.69) is 20.8 Å². The van der Waals surface area contributed by atoms with Crippen molar-refractivity contribution in [3.8, 4) is 5.69 Å². The van der Waals surface area contributed by atoms with Gasteiger partial charge in [-0.05, 0) is 41.0 Å². The Bertz CT molecular complexity index is 625. The van der Waals surface area contributed by atoms with Gasteiger partial charge in [-0.2, -0.15) is 0 Å². The summed E-state index contributed by atoms with van der Waals surface area (Å²) in [4.78, 5) is 22.2. The molecule has 1 aromatic heterocycles. The van der Waals surface area contributed by atoms with Crippen LogP contribution in [0.25, 0.3) is 5.69 Å². The number of hydrogen-bond donors (Lipinski definition) is 2. The van der Waals surface area contributed by atoms with Gasteiger partial charge >= 0.3 is 5.97 Å². The van der Waals surface area contributed by atoms with Crippen LogP contribution in [0.1, 0.15) is 31.2 Å². The van der Waals surface area contributed by atoms with E-state index < -0.39 is 5.97 Å². The van der Waals surface area contributed by atoms with Gasteiger partial charge in [-0.1, -0.05) is 18.6 Å². The monoisotopic (exact) mass is 317 g/mol. The lowest BCUT2D eigenvalue weighted by molar-refractivity contribution is -0.137.